The summed E-state index contributed by atoms with van der Waals surface area (Å²) in [6.07, 6.45) is 3.75. The van der Waals surface area contributed by atoms with Gasteiger partial charge in [-0.1, -0.05) is 25.4 Å². The van der Waals surface area contributed by atoms with Gasteiger partial charge in [-0.05, 0) is 43.2 Å². The van der Waals surface area contributed by atoms with Crippen molar-refractivity contribution < 1.29 is 5.11 Å². The molecule has 1 fully saturated rings. The predicted molar refractivity (Wildman–Crippen MR) is 70.2 cm³/mol. The summed E-state index contributed by atoms with van der Waals surface area (Å²) < 4.78 is 0.816. The van der Waals surface area contributed by atoms with E-state index in [0.29, 0.717) is 5.92 Å². The molecule has 2 rings (SSSR count). The van der Waals surface area contributed by atoms with Gasteiger partial charge in [-0.15, -0.1) is 11.3 Å². The van der Waals surface area contributed by atoms with Gasteiger partial charge < -0.3 is 5.11 Å². The Morgan fingerprint density at radius 3 is 2.75 bits per heavy atom. The SMILES string of the molecule is CC1CCC(O)(Cc2ccc(Cl)s2)CC1C. The zero-order chi connectivity index (χ0) is 11.8. The minimum atomic E-state index is -0.500. The molecular weight excluding hydrogens is 240 g/mol. The Balaban J connectivity index is 2.03. The van der Waals surface area contributed by atoms with Gasteiger partial charge in [0.05, 0.1) is 9.94 Å². The molecule has 1 N–H and O–H groups in total. The van der Waals surface area contributed by atoms with Gasteiger partial charge in [0.25, 0.3) is 0 Å². The van der Waals surface area contributed by atoms with Gasteiger partial charge in [-0.2, -0.15) is 0 Å². The molecule has 1 aliphatic rings. The van der Waals surface area contributed by atoms with Crippen molar-refractivity contribution in [1.82, 2.24) is 0 Å². The van der Waals surface area contributed by atoms with E-state index >= 15 is 0 Å². The van der Waals surface area contributed by atoms with Gasteiger partial charge in [-0.3, -0.25) is 0 Å². The zero-order valence-electron chi connectivity index (χ0n) is 9.87. The number of hydrogen-bond donors (Lipinski definition) is 1. The third kappa shape index (κ3) is 2.79. The highest BCUT2D eigenvalue weighted by Crippen LogP contribution is 2.39. The van der Waals surface area contributed by atoms with Gasteiger partial charge in [-0.25, -0.2) is 0 Å². The lowest BCUT2D eigenvalue weighted by Crippen LogP contribution is -2.39. The van der Waals surface area contributed by atoms with Crippen LogP contribution in [0.15, 0.2) is 12.1 Å². The van der Waals surface area contributed by atoms with Crippen molar-refractivity contribution in [2.24, 2.45) is 11.8 Å². The summed E-state index contributed by atoms with van der Waals surface area (Å²) in [5.41, 5.74) is -0.500. The topological polar surface area (TPSA) is 20.2 Å². The maximum atomic E-state index is 10.6. The van der Waals surface area contributed by atoms with Crippen LogP contribution < -0.4 is 0 Å². The summed E-state index contributed by atoms with van der Waals surface area (Å²) in [6, 6.07) is 3.95. The lowest BCUT2D eigenvalue weighted by Gasteiger charge is -2.39. The van der Waals surface area contributed by atoms with E-state index in [4.69, 9.17) is 11.6 Å². The second-order valence-corrected chi connectivity index (χ2v) is 7.10. The third-order valence-corrected chi connectivity index (χ3v) is 5.10. The summed E-state index contributed by atoms with van der Waals surface area (Å²) in [4.78, 5) is 1.20. The van der Waals surface area contributed by atoms with Crippen molar-refractivity contribution in [1.29, 1.82) is 0 Å². The van der Waals surface area contributed by atoms with E-state index in [1.54, 1.807) is 11.3 Å². The van der Waals surface area contributed by atoms with E-state index in [-0.39, 0.29) is 0 Å². The van der Waals surface area contributed by atoms with Gasteiger partial charge in [0.2, 0.25) is 0 Å². The lowest BCUT2D eigenvalue weighted by atomic mass is 9.72. The first-order valence-electron chi connectivity index (χ1n) is 5.95. The van der Waals surface area contributed by atoms with Crippen molar-refractivity contribution in [3.63, 3.8) is 0 Å². The fraction of sp³-hybridized carbons (Fsp3) is 0.692. The molecule has 1 aromatic heterocycles. The molecule has 0 amide bonds. The number of halogens is 1. The van der Waals surface area contributed by atoms with Crippen LogP contribution in [0, 0.1) is 11.8 Å². The second-order valence-electron chi connectivity index (χ2n) is 5.30. The molecule has 16 heavy (non-hydrogen) atoms. The summed E-state index contributed by atoms with van der Waals surface area (Å²) >= 11 is 7.50. The standard InChI is InChI=1S/C13H19ClOS/c1-9-5-6-13(15,7-10(9)2)8-11-3-4-12(14)16-11/h3-4,9-10,15H,5-8H2,1-2H3. The molecule has 1 aromatic rings. The molecule has 1 heterocycles. The zero-order valence-corrected chi connectivity index (χ0v) is 11.4. The fourth-order valence-corrected chi connectivity index (χ4v) is 3.84. The molecule has 0 spiro atoms. The summed E-state index contributed by atoms with van der Waals surface area (Å²) in [6.45, 7) is 4.53. The second kappa shape index (κ2) is 4.67. The molecule has 0 aromatic carbocycles. The van der Waals surface area contributed by atoms with E-state index in [1.807, 2.05) is 12.1 Å². The molecule has 1 nitrogen and oxygen atoms in total. The number of thiophene rings is 1. The Morgan fingerprint density at radius 2 is 2.19 bits per heavy atom. The van der Waals surface area contributed by atoms with E-state index in [0.717, 1.165) is 35.9 Å². The van der Waals surface area contributed by atoms with Crippen LogP contribution in [0.1, 0.15) is 38.0 Å². The maximum absolute atomic E-state index is 10.6. The Morgan fingerprint density at radius 1 is 1.44 bits per heavy atom. The van der Waals surface area contributed by atoms with Gasteiger partial charge in [0, 0.05) is 11.3 Å². The highest BCUT2D eigenvalue weighted by atomic mass is 35.5. The van der Waals surface area contributed by atoms with Crippen LogP contribution in [0.4, 0.5) is 0 Å². The highest BCUT2D eigenvalue weighted by Gasteiger charge is 2.36. The first kappa shape index (κ1) is 12.4. The van der Waals surface area contributed by atoms with Gasteiger partial charge in [0.15, 0.2) is 0 Å². The molecule has 90 valence electrons. The molecule has 1 saturated carbocycles. The summed E-state index contributed by atoms with van der Waals surface area (Å²) in [7, 11) is 0. The van der Waals surface area contributed by atoms with Crippen LogP contribution >= 0.6 is 22.9 Å². The van der Waals surface area contributed by atoms with Crippen molar-refractivity contribution in [2.75, 3.05) is 0 Å². The average Bonchev–Trinajstić information content (AvgIpc) is 2.58. The summed E-state index contributed by atoms with van der Waals surface area (Å²) in [5, 5.41) is 10.6. The Kier molecular flexibility index (Phi) is 3.62. The van der Waals surface area contributed by atoms with Crippen molar-refractivity contribution in [2.45, 2.75) is 45.1 Å². The van der Waals surface area contributed by atoms with E-state index in [1.165, 1.54) is 4.88 Å². The van der Waals surface area contributed by atoms with E-state index in [2.05, 4.69) is 13.8 Å². The minimum Gasteiger partial charge on any atom is -0.390 e. The first-order chi connectivity index (χ1) is 7.48. The van der Waals surface area contributed by atoms with Crippen molar-refractivity contribution >= 4 is 22.9 Å². The Labute approximate surface area is 106 Å². The first-order valence-corrected chi connectivity index (χ1v) is 7.14. The summed E-state index contributed by atoms with van der Waals surface area (Å²) in [5.74, 6) is 1.36. The number of aliphatic hydroxyl groups is 1. The quantitative estimate of drug-likeness (QED) is 0.846. The molecular formula is C13H19ClOS. The van der Waals surface area contributed by atoms with Gasteiger partial charge in [0.1, 0.15) is 0 Å². The monoisotopic (exact) mass is 258 g/mol. The number of hydrogen-bond acceptors (Lipinski definition) is 2. The predicted octanol–water partition coefficient (Wildman–Crippen LogP) is 4.13. The van der Waals surface area contributed by atoms with Crippen molar-refractivity contribution in [3.8, 4) is 0 Å². The minimum absolute atomic E-state index is 0.500. The molecule has 0 aliphatic heterocycles. The molecule has 3 atom stereocenters. The molecule has 3 heteroatoms. The van der Waals surface area contributed by atoms with Crippen LogP contribution in [0.5, 0.6) is 0 Å². The van der Waals surface area contributed by atoms with E-state index < -0.39 is 5.60 Å². The Hall–Kier alpha value is -0.0500. The van der Waals surface area contributed by atoms with Crippen LogP contribution in [-0.4, -0.2) is 10.7 Å². The van der Waals surface area contributed by atoms with Crippen LogP contribution in [0.2, 0.25) is 4.34 Å². The van der Waals surface area contributed by atoms with Gasteiger partial charge >= 0.3 is 0 Å². The molecule has 1 aliphatic carbocycles. The fourth-order valence-electron chi connectivity index (χ4n) is 2.62. The van der Waals surface area contributed by atoms with E-state index in [9.17, 15) is 5.11 Å². The largest absolute Gasteiger partial charge is 0.390 e. The molecule has 0 bridgehead atoms. The normalized spacial score (nSPS) is 35.2. The Bertz CT molecular complexity index is 363. The third-order valence-electron chi connectivity index (χ3n) is 3.87. The average molecular weight is 259 g/mol. The molecule has 3 unspecified atom stereocenters. The van der Waals surface area contributed by atoms with Crippen LogP contribution in [0.3, 0.4) is 0 Å². The van der Waals surface area contributed by atoms with Crippen LogP contribution in [0.25, 0.3) is 0 Å². The molecule has 0 radical (unpaired) electrons. The lowest BCUT2D eigenvalue weighted by molar-refractivity contribution is -0.0273. The highest BCUT2D eigenvalue weighted by molar-refractivity contribution is 7.16. The smallest absolute Gasteiger partial charge is 0.0931 e. The number of rotatable bonds is 2. The van der Waals surface area contributed by atoms with Crippen molar-refractivity contribution in [3.05, 3.63) is 21.3 Å². The van der Waals surface area contributed by atoms with Crippen LogP contribution in [-0.2, 0) is 6.42 Å². The molecule has 0 saturated heterocycles. The maximum Gasteiger partial charge on any atom is 0.0931 e.